The number of carbonyl (C=O) groups is 2. The number of hydrogen-bond acceptors (Lipinski definition) is 4. The molecule has 0 aliphatic carbocycles. The number of hydrogen-bond donors (Lipinski definition) is 0. The number of methoxy groups -OCH3 is 1. The Labute approximate surface area is 129 Å². The summed E-state index contributed by atoms with van der Waals surface area (Å²) in [4.78, 5) is 24.3. The lowest BCUT2D eigenvalue weighted by Crippen LogP contribution is -2.24. The van der Waals surface area contributed by atoms with Crippen LogP contribution in [0.25, 0.3) is 0 Å². The first kappa shape index (κ1) is 15.9. The van der Waals surface area contributed by atoms with Gasteiger partial charge in [-0.3, -0.25) is 4.79 Å². The van der Waals surface area contributed by atoms with Gasteiger partial charge in [-0.1, -0.05) is 42.5 Å². The molecule has 4 heteroatoms. The van der Waals surface area contributed by atoms with Gasteiger partial charge in [-0.05, 0) is 24.6 Å². The summed E-state index contributed by atoms with van der Waals surface area (Å²) in [5.74, 6) is -0.739. The van der Waals surface area contributed by atoms with Crippen molar-refractivity contribution in [3.63, 3.8) is 0 Å². The maximum Gasteiger partial charge on any atom is 0.338 e. The second-order valence-corrected chi connectivity index (χ2v) is 4.91. The molecule has 2 aromatic carbocycles. The fourth-order valence-corrected chi connectivity index (χ4v) is 2.07. The van der Waals surface area contributed by atoms with E-state index in [-0.39, 0.29) is 5.78 Å². The van der Waals surface area contributed by atoms with Gasteiger partial charge in [0.25, 0.3) is 0 Å². The quantitative estimate of drug-likeness (QED) is 0.607. The van der Waals surface area contributed by atoms with Crippen molar-refractivity contribution in [2.24, 2.45) is 0 Å². The van der Waals surface area contributed by atoms with Crippen LogP contribution >= 0.6 is 0 Å². The lowest BCUT2D eigenvalue weighted by atomic mass is 10.1. The minimum atomic E-state index is -0.832. The van der Waals surface area contributed by atoms with E-state index in [4.69, 9.17) is 9.47 Å². The van der Waals surface area contributed by atoms with E-state index in [9.17, 15) is 9.59 Å². The lowest BCUT2D eigenvalue weighted by Gasteiger charge is -2.12. The molecule has 0 aliphatic heterocycles. The Morgan fingerprint density at radius 2 is 1.68 bits per heavy atom. The van der Waals surface area contributed by atoms with Crippen molar-refractivity contribution < 1.29 is 19.1 Å². The molecule has 0 bridgehead atoms. The van der Waals surface area contributed by atoms with E-state index in [1.165, 1.54) is 0 Å². The van der Waals surface area contributed by atoms with E-state index in [0.29, 0.717) is 17.7 Å². The van der Waals surface area contributed by atoms with Crippen LogP contribution in [-0.4, -0.2) is 25.0 Å². The van der Waals surface area contributed by atoms with Crippen LogP contribution in [0.5, 0.6) is 0 Å². The average molecular weight is 298 g/mol. The van der Waals surface area contributed by atoms with E-state index in [1.807, 2.05) is 12.1 Å². The highest BCUT2D eigenvalue weighted by atomic mass is 16.5. The molecular weight excluding hydrogens is 280 g/mol. The minimum absolute atomic E-state index is 0.220. The summed E-state index contributed by atoms with van der Waals surface area (Å²) in [5, 5.41) is 0. The smallest absolute Gasteiger partial charge is 0.338 e. The lowest BCUT2D eigenvalue weighted by molar-refractivity contribution is 0.0318. The molecule has 2 aromatic rings. The highest BCUT2D eigenvalue weighted by molar-refractivity contribution is 6.01. The molecule has 0 amide bonds. The van der Waals surface area contributed by atoms with Crippen LogP contribution in [0.2, 0.25) is 0 Å². The monoisotopic (exact) mass is 298 g/mol. The van der Waals surface area contributed by atoms with Gasteiger partial charge in [-0.2, -0.15) is 0 Å². The van der Waals surface area contributed by atoms with Gasteiger partial charge in [0.15, 0.2) is 6.10 Å². The van der Waals surface area contributed by atoms with Crippen LogP contribution in [-0.2, 0) is 16.1 Å². The summed E-state index contributed by atoms with van der Waals surface area (Å²) < 4.78 is 10.3. The summed E-state index contributed by atoms with van der Waals surface area (Å²) in [6.45, 7) is 1.99. The zero-order valence-electron chi connectivity index (χ0n) is 12.6. The van der Waals surface area contributed by atoms with Crippen molar-refractivity contribution in [3.05, 3.63) is 71.3 Å². The number of carbonyl (C=O) groups excluding carboxylic acids is 2. The van der Waals surface area contributed by atoms with Crippen molar-refractivity contribution >= 4 is 11.8 Å². The molecule has 0 heterocycles. The molecule has 4 nitrogen and oxygen atoms in total. The first-order valence-electron chi connectivity index (χ1n) is 7.00. The highest BCUT2D eigenvalue weighted by Crippen LogP contribution is 2.11. The predicted molar refractivity (Wildman–Crippen MR) is 82.8 cm³/mol. The Balaban J connectivity index is 2.05. The molecule has 0 fully saturated rings. The highest BCUT2D eigenvalue weighted by Gasteiger charge is 2.20. The Morgan fingerprint density at radius 3 is 2.36 bits per heavy atom. The third-order valence-electron chi connectivity index (χ3n) is 3.19. The van der Waals surface area contributed by atoms with Crippen LogP contribution in [0.3, 0.4) is 0 Å². The van der Waals surface area contributed by atoms with Gasteiger partial charge in [-0.25, -0.2) is 4.79 Å². The summed E-state index contributed by atoms with van der Waals surface area (Å²) in [6, 6.07) is 15.7. The van der Waals surface area contributed by atoms with Crippen LogP contribution in [0, 0.1) is 0 Å². The zero-order chi connectivity index (χ0) is 15.9. The molecule has 0 saturated heterocycles. The van der Waals surface area contributed by atoms with E-state index in [0.717, 1.165) is 5.56 Å². The molecule has 1 atom stereocenters. The number of ketones is 1. The second-order valence-electron chi connectivity index (χ2n) is 4.91. The Hall–Kier alpha value is -2.46. The summed E-state index contributed by atoms with van der Waals surface area (Å²) >= 11 is 0. The van der Waals surface area contributed by atoms with Crippen LogP contribution < -0.4 is 0 Å². The molecule has 22 heavy (non-hydrogen) atoms. The zero-order valence-corrected chi connectivity index (χ0v) is 12.6. The van der Waals surface area contributed by atoms with Crippen LogP contribution in [0.4, 0.5) is 0 Å². The normalized spacial score (nSPS) is 11.7. The van der Waals surface area contributed by atoms with Crippen LogP contribution in [0.15, 0.2) is 54.6 Å². The predicted octanol–water partition coefficient (Wildman–Crippen LogP) is 3.26. The topological polar surface area (TPSA) is 52.6 Å². The molecule has 0 aromatic heterocycles. The molecule has 0 N–H and O–H groups in total. The standard InChI is InChI=1S/C18H18O4/c1-13(17(19)15-8-4-3-5-9-15)22-18(20)16-10-6-7-14(11-16)12-21-2/h3-11,13H,12H2,1-2H3. The number of esters is 1. The van der Waals surface area contributed by atoms with Gasteiger partial charge < -0.3 is 9.47 Å². The second kappa shape index (κ2) is 7.52. The van der Waals surface area contributed by atoms with E-state index in [2.05, 4.69) is 0 Å². The van der Waals surface area contributed by atoms with E-state index >= 15 is 0 Å². The van der Waals surface area contributed by atoms with Gasteiger partial charge >= 0.3 is 5.97 Å². The first-order chi connectivity index (χ1) is 10.6. The Bertz CT molecular complexity index is 649. The summed E-state index contributed by atoms with van der Waals surface area (Å²) in [7, 11) is 1.59. The number of rotatable bonds is 6. The Morgan fingerprint density at radius 1 is 1.00 bits per heavy atom. The number of ether oxygens (including phenoxy) is 2. The molecule has 0 radical (unpaired) electrons. The van der Waals surface area contributed by atoms with Gasteiger partial charge in [0.1, 0.15) is 0 Å². The fraction of sp³-hybridized carbons (Fsp3) is 0.222. The van der Waals surface area contributed by atoms with Crippen molar-refractivity contribution in [2.75, 3.05) is 7.11 Å². The van der Waals surface area contributed by atoms with Gasteiger partial charge in [0, 0.05) is 12.7 Å². The Kier molecular flexibility index (Phi) is 5.44. The summed E-state index contributed by atoms with van der Waals surface area (Å²) in [6.07, 6.45) is -0.832. The third kappa shape index (κ3) is 4.02. The molecule has 0 aliphatic rings. The maximum atomic E-state index is 12.2. The fourth-order valence-electron chi connectivity index (χ4n) is 2.07. The third-order valence-corrected chi connectivity index (χ3v) is 3.19. The van der Waals surface area contributed by atoms with Gasteiger partial charge in [0.05, 0.1) is 12.2 Å². The molecule has 2 rings (SSSR count). The van der Waals surface area contributed by atoms with E-state index in [1.54, 1.807) is 56.5 Å². The molecule has 0 spiro atoms. The number of benzene rings is 2. The largest absolute Gasteiger partial charge is 0.451 e. The maximum absolute atomic E-state index is 12.2. The molecule has 1 unspecified atom stereocenters. The van der Waals surface area contributed by atoms with Crippen molar-refractivity contribution in [2.45, 2.75) is 19.6 Å². The van der Waals surface area contributed by atoms with Crippen molar-refractivity contribution in [1.82, 2.24) is 0 Å². The number of Topliss-reactive ketones (excluding diaryl/α,β-unsaturated/α-hetero) is 1. The van der Waals surface area contributed by atoms with E-state index < -0.39 is 12.1 Å². The average Bonchev–Trinajstić information content (AvgIpc) is 2.55. The minimum Gasteiger partial charge on any atom is -0.451 e. The first-order valence-corrected chi connectivity index (χ1v) is 7.00. The van der Waals surface area contributed by atoms with Gasteiger partial charge in [0.2, 0.25) is 5.78 Å². The van der Waals surface area contributed by atoms with Crippen LogP contribution in [0.1, 0.15) is 33.2 Å². The van der Waals surface area contributed by atoms with Crippen molar-refractivity contribution in [3.8, 4) is 0 Å². The summed E-state index contributed by atoms with van der Waals surface area (Å²) in [5.41, 5.74) is 1.80. The van der Waals surface area contributed by atoms with Gasteiger partial charge in [-0.15, -0.1) is 0 Å². The molecule has 114 valence electrons. The van der Waals surface area contributed by atoms with Crippen molar-refractivity contribution in [1.29, 1.82) is 0 Å². The molecule has 0 saturated carbocycles. The molecular formula is C18H18O4. The SMILES string of the molecule is COCc1cccc(C(=O)OC(C)C(=O)c2ccccc2)c1.